The Morgan fingerprint density at radius 2 is 1.62 bits per heavy atom. The number of aliphatic hydroxyl groups is 1. The minimum Gasteiger partial charge on any atom is -0.505 e. The number of hydrogen-bond acceptors (Lipinski definition) is 14. The second kappa shape index (κ2) is 15.3. The fourth-order valence-corrected chi connectivity index (χ4v) is 8.73. The van der Waals surface area contributed by atoms with Gasteiger partial charge in [-0.25, -0.2) is 4.79 Å². The predicted octanol–water partition coefficient (Wildman–Crippen LogP) is 1.19. The Kier molecular flexibility index (Phi) is 11.5. The number of nitrogens with zero attached hydrogens (tertiary/aromatic N) is 3. The second-order valence-corrected chi connectivity index (χ2v) is 16.5. The van der Waals surface area contributed by atoms with Crippen LogP contribution in [-0.4, -0.2) is 126 Å². The maximum absolute atomic E-state index is 14.4. The van der Waals surface area contributed by atoms with Gasteiger partial charge >= 0.3 is 12.1 Å². The Labute approximate surface area is 318 Å². The van der Waals surface area contributed by atoms with Crippen molar-refractivity contribution in [1.82, 2.24) is 9.80 Å². The van der Waals surface area contributed by atoms with Gasteiger partial charge in [0.2, 0.25) is 18.6 Å². The van der Waals surface area contributed by atoms with Crippen molar-refractivity contribution in [3.05, 3.63) is 17.2 Å². The first kappa shape index (κ1) is 41.3. The number of Topliss-reactive ketones (excluding diaryl/α,β-unsaturated/α-hetero) is 4. The topological polar surface area (TPSA) is 243 Å². The number of nitrogens with one attached hydrogen (secondary N) is 1. The third-order valence-electron chi connectivity index (χ3n) is 11.4. The summed E-state index contributed by atoms with van der Waals surface area (Å²) < 4.78 is 10.4. The number of amides is 3. The Morgan fingerprint density at radius 1 is 0.982 bits per heavy atom. The normalized spacial score (nSPS) is 26.7. The van der Waals surface area contributed by atoms with E-state index in [-0.39, 0.29) is 30.0 Å². The molecular formula is C38H51N5O12. The molecular weight excluding hydrogens is 718 g/mol. The number of hydrogen-bond donors (Lipinski definition) is 4. The highest BCUT2D eigenvalue weighted by Crippen LogP contribution is 2.52. The summed E-state index contributed by atoms with van der Waals surface area (Å²) in [6.45, 7) is 3.76. The number of carbonyl (C=O) groups excluding carboxylic acids is 8. The molecule has 1 aromatic carbocycles. The molecule has 17 nitrogen and oxygen atoms in total. The number of anilines is 2. The Balaban J connectivity index is 1.41. The maximum atomic E-state index is 14.4. The lowest BCUT2D eigenvalue weighted by Crippen LogP contribution is -2.74. The number of fused-ring (bicyclic) bond motifs is 3. The number of ether oxygens (including phenoxy) is 2. The first-order valence-corrected chi connectivity index (χ1v) is 18.4. The summed E-state index contributed by atoms with van der Waals surface area (Å²) in [4.78, 5) is 111. The molecule has 0 heterocycles. The summed E-state index contributed by atoms with van der Waals surface area (Å²) in [5.74, 6) is -13.6. The van der Waals surface area contributed by atoms with Gasteiger partial charge in [0.15, 0.2) is 34.7 Å². The first-order valence-electron chi connectivity index (χ1n) is 18.4. The van der Waals surface area contributed by atoms with Crippen LogP contribution in [0.5, 0.6) is 5.75 Å². The van der Waals surface area contributed by atoms with Crippen molar-refractivity contribution in [3.63, 3.8) is 0 Å². The van der Waals surface area contributed by atoms with Crippen molar-refractivity contribution in [3.8, 4) is 5.75 Å². The Hall–Kier alpha value is -4.90. The van der Waals surface area contributed by atoms with Crippen LogP contribution in [-0.2, 0) is 44.7 Å². The van der Waals surface area contributed by atoms with Gasteiger partial charge in [-0.3, -0.25) is 43.4 Å². The van der Waals surface area contributed by atoms with Crippen LogP contribution in [0.3, 0.4) is 0 Å². The van der Waals surface area contributed by atoms with Crippen molar-refractivity contribution in [2.24, 2.45) is 35.3 Å². The van der Waals surface area contributed by atoms with E-state index in [2.05, 4.69) is 5.32 Å². The van der Waals surface area contributed by atoms with Crippen molar-refractivity contribution in [2.45, 2.75) is 82.9 Å². The number of carbonyl (C=O) groups is 8. The van der Waals surface area contributed by atoms with Gasteiger partial charge in [-0.1, -0.05) is 19.3 Å². The number of benzene rings is 1. The quantitative estimate of drug-likeness (QED) is 0.119. The second-order valence-electron chi connectivity index (χ2n) is 16.5. The number of likely N-dealkylation sites (N-methyl/N-ethyl adjacent to an activating group) is 1. The standard InChI is InChI=1S/C38H51N5O12/c1-37(2,3)43(36(52)55-17-54-35(51)18-11-9-8-10-12-18)16-24(44)40-22-15-23(41(4)5)20-13-19-14-21-28(42(6)7)31(47)27(34(39)50)33(49)38(21,53)32(48)25(19)30(46)26(20)29(22)45/h15,18-19,21,25,27-28,45,53H,8-14,16-17H2,1-7H3,(H2,39,50)(H,40,44)/t19-,21-,25?,27?,28-,38-/m0/s1. The molecule has 5 N–H and O–H groups in total. The van der Waals surface area contributed by atoms with Crippen molar-refractivity contribution >= 4 is 58.4 Å². The lowest BCUT2D eigenvalue weighted by molar-refractivity contribution is -0.181. The zero-order chi connectivity index (χ0) is 40.9. The third kappa shape index (κ3) is 7.43. The molecule has 6 atom stereocenters. The van der Waals surface area contributed by atoms with E-state index >= 15 is 0 Å². The van der Waals surface area contributed by atoms with E-state index in [9.17, 15) is 48.6 Å². The zero-order valence-electron chi connectivity index (χ0n) is 32.3. The molecule has 300 valence electrons. The van der Waals surface area contributed by atoms with E-state index in [0.29, 0.717) is 24.1 Å². The van der Waals surface area contributed by atoms with Crippen LogP contribution < -0.4 is 16.0 Å². The van der Waals surface area contributed by atoms with Gasteiger partial charge in [0, 0.05) is 31.2 Å². The van der Waals surface area contributed by atoms with E-state index in [1.54, 1.807) is 39.8 Å². The fraction of sp³-hybridized carbons (Fsp3) is 0.632. The van der Waals surface area contributed by atoms with Crippen molar-refractivity contribution in [1.29, 1.82) is 0 Å². The molecule has 5 rings (SSSR count). The summed E-state index contributed by atoms with van der Waals surface area (Å²) in [7, 11) is 6.35. The zero-order valence-corrected chi connectivity index (χ0v) is 32.3. The number of rotatable bonds is 9. The summed E-state index contributed by atoms with van der Waals surface area (Å²) in [6, 6.07) is 0.209. The molecule has 2 unspecified atom stereocenters. The maximum Gasteiger partial charge on any atom is 0.413 e. The van der Waals surface area contributed by atoms with Gasteiger partial charge in [0.25, 0.3) is 0 Å². The number of aromatic hydroxyl groups is 1. The van der Waals surface area contributed by atoms with Crippen LogP contribution in [0.1, 0.15) is 75.2 Å². The van der Waals surface area contributed by atoms with Gasteiger partial charge < -0.3 is 35.6 Å². The van der Waals surface area contributed by atoms with Gasteiger partial charge in [0.05, 0.1) is 29.1 Å². The molecule has 0 bridgehead atoms. The number of primary amides is 1. The SMILES string of the molecule is CN(C)c1cc(NC(=O)CN(C(=O)OCOC(=O)C2CCCCC2)C(C)(C)C)c(O)c2c1C[C@H]1C[C@H]3[C@H](N(C)C)C(=O)C(C(N)=O)C(=O)[C@@]3(O)C(=O)C1C2=O. The summed E-state index contributed by atoms with van der Waals surface area (Å²) >= 11 is 0. The van der Waals surface area contributed by atoms with E-state index in [0.717, 1.165) is 24.2 Å². The molecule has 0 aliphatic heterocycles. The Morgan fingerprint density at radius 3 is 2.18 bits per heavy atom. The van der Waals surface area contributed by atoms with Gasteiger partial charge in [-0.15, -0.1) is 0 Å². The Bertz CT molecular complexity index is 1810. The van der Waals surface area contributed by atoms with E-state index < -0.39 is 107 Å². The van der Waals surface area contributed by atoms with Crippen LogP contribution in [0.25, 0.3) is 0 Å². The first-order chi connectivity index (χ1) is 25.6. The molecule has 0 radical (unpaired) electrons. The van der Waals surface area contributed by atoms with Gasteiger partial charge in [-0.05, 0) is 78.1 Å². The molecule has 1 aromatic rings. The molecule has 3 saturated carbocycles. The molecule has 4 aliphatic rings. The lowest BCUT2D eigenvalue weighted by atomic mass is 9.52. The van der Waals surface area contributed by atoms with Gasteiger partial charge in [0.1, 0.15) is 12.3 Å². The van der Waals surface area contributed by atoms with Crippen LogP contribution in [0.15, 0.2) is 6.07 Å². The monoisotopic (exact) mass is 769 g/mol. The van der Waals surface area contributed by atoms with Crippen molar-refractivity contribution in [2.75, 3.05) is 51.7 Å². The summed E-state index contributed by atoms with van der Waals surface area (Å²) in [5, 5.41) is 26.0. The van der Waals surface area contributed by atoms with E-state index in [1.807, 2.05) is 0 Å². The fourth-order valence-electron chi connectivity index (χ4n) is 8.73. The molecule has 3 fully saturated rings. The highest BCUT2D eigenvalue weighted by molar-refractivity contribution is 6.32. The molecule has 0 spiro atoms. The molecule has 3 amide bonds. The number of esters is 1. The largest absolute Gasteiger partial charge is 0.505 e. The lowest BCUT2D eigenvalue weighted by Gasteiger charge is -2.52. The van der Waals surface area contributed by atoms with Crippen LogP contribution in [0.4, 0.5) is 16.2 Å². The molecule has 4 aliphatic carbocycles. The number of nitrogens with two attached hydrogens (primary N) is 1. The number of ketones is 4. The van der Waals surface area contributed by atoms with Crippen LogP contribution in [0, 0.1) is 29.6 Å². The smallest absolute Gasteiger partial charge is 0.413 e. The van der Waals surface area contributed by atoms with Crippen molar-refractivity contribution < 1.29 is 58.0 Å². The highest BCUT2D eigenvalue weighted by atomic mass is 16.7. The van der Waals surface area contributed by atoms with Crippen LogP contribution in [0.2, 0.25) is 0 Å². The van der Waals surface area contributed by atoms with E-state index in [4.69, 9.17) is 15.2 Å². The van der Waals surface area contributed by atoms with Crippen LogP contribution >= 0.6 is 0 Å². The van der Waals surface area contributed by atoms with Gasteiger partial charge in [-0.2, -0.15) is 0 Å². The van der Waals surface area contributed by atoms with E-state index in [1.165, 1.54) is 25.1 Å². The molecule has 17 heteroatoms. The average molecular weight is 770 g/mol. The molecule has 0 saturated heterocycles. The minimum absolute atomic E-state index is 0.0239. The average Bonchev–Trinajstić information content (AvgIpc) is 3.09. The molecule has 0 aromatic heterocycles. The highest BCUT2D eigenvalue weighted by Gasteiger charge is 2.69. The third-order valence-corrected chi connectivity index (χ3v) is 11.4. The minimum atomic E-state index is -2.89. The number of phenols is 1. The summed E-state index contributed by atoms with van der Waals surface area (Å²) in [6.07, 6.45) is 3.25. The summed E-state index contributed by atoms with van der Waals surface area (Å²) in [5.41, 5.74) is 1.78. The number of phenolic OH excluding ortho intramolecular Hbond substituents is 1. The molecule has 55 heavy (non-hydrogen) atoms. The predicted molar refractivity (Wildman–Crippen MR) is 195 cm³/mol.